The van der Waals surface area contributed by atoms with E-state index in [4.69, 9.17) is 4.52 Å². The SMILES string of the molecule is Cc1noc(-c2ccnc(NCCNC(=O)C(C)(C)C)c2)n1. The standard InChI is InChI=1S/C15H21N5O2/c1-10-19-13(22-20-10)11-5-6-16-12(9-11)17-7-8-18-14(21)15(2,3)4/h5-6,9H,7-8H2,1-4H3,(H,16,17)(H,18,21). The third kappa shape index (κ3) is 4.28. The van der Waals surface area contributed by atoms with Gasteiger partial charge in [-0.25, -0.2) is 4.98 Å². The lowest BCUT2D eigenvalue weighted by atomic mass is 9.96. The van der Waals surface area contributed by atoms with Gasteiger partial charge in [-0.2, -0.15) is 4.98 Å². The van der Waals surface area contributed by atoms with Crippen LogP contribution in [0.15, 0.2) is 22.9 Å². The summed E-state index contributed by atoms with van der Waals surface area (Å²) in [5, 5.41) is 9.79. The van der Waals surface area contributed by atoms with Crippen molar-refractivity contribution in [1.29, 1.82) is 0 Å². The van der Waals surface area contributed by atoms with Crippen LogP contribution in [0.25, 0.3) is 11.5 Å². The molecule has 118 valence electrons. The summed E-state index contributed by atoms with van der Waals surface area (Å²) in [5.74, 6) is 1.77. The lowest BCUT2D eigenvalue weighted by Gasteiger charge is -2.17. The molecule has 0 bridgehead atoms. The molecule has 0 unspecified atom stereocenters. The summed E-state index contributed by atoms with van der Waals surface area (Å²) in [5.41, 5.74) is 0.422. The van der Waals surface area contributed by atoms with Crippen LogP contribution >= 0.6 is 0 Å². The van der Waals surface area contributed by atoms with Crippen LogP contribution in [0.5, 0.6) is 0 Å². The first kappa shape index (κ1) is 15.9. The van der Waals surface area contributed by atoms with Gasteiger partial charge in [0.05, 0.1) is 0 Å². The molecule has 7 heteroatoms. The highest BCUT2D eigenvalue weighted by molar-refractivity contribution is 5.81. The van der Waals surface area contributed by atoms with E-state index < -0.39 is 0 Å². The highest BCUT2D eigenvalue weighted by atomic mass is 16.5. The van der Waals surface area contributed by atoms with Gasteiger partial charge in [0.1, 0.15) is 5.82 Å². The number of rotatable bonds is 5. The summed E-state index contributed by atoms with van der Waals surface area (Å²) in [6.45, 7) is 8.53. The Balaban J connectivity index is 1.88. The van der Waals surface area contributed by atoms with Crippen LogP contribution in [-0.2, 0) is 4.79 Å². The zero-order valence-corrected chi connectivity index (χ0v) is 13.3. The molecule has 0 aromatic carbocycles. The van der Waals surface area contributed by atoms with Crippen LogP contribution in [-0.4, -0.2) is 34.1 Å². The average Bonchev–Trinajstić information content (AvgIpc) is 2.89. The highest BCUT2D eigenvalue weighted by Gasteiger charge is 2.20. The Hall–Kier alpha value is -2.44. The molecule has 2 N–H and O–H groups in total. The molecule has 2 heterocycles. The van der Waals surface area contributed by atoms with Crippen molar-refractivity contribution in [1.82, 2.24) is 20.4 Å². The second-order valence-electron chi connectivity index (χ2n) is 6.01. The van der Waals surface area contributed by atoms with Crippen LogP contribution in [0.1, 0.15) is 26.6 Å². The van der Waals surface area contributed by atoms with E-state index in [9.17, 15) is 4.79 Å². The lowest BCUT2D eigenvalue weighted by molar-refractivity contribution is -0.128. The van der Waals surface area contributed by atoms with E-state index in [0.717, 1.165) is 5.56 Å². The van der Waals surface area contributed by atoms with E-state index in [0.29, 0.717) is 30.6 Å². The number of anilines is 1. The van der Waals surface area contributed by atoms with Gasteiger partial charge >= 0.3 is 0 Å². The Morgan fingerprint density at radius 3 is 2.73 bits per heavy atom. The summed E-state index contributed by atoms with van der Waals surface area (Å²) in [4.78, 5) is 20.1. The number of pyridine rings is 1. The average molecular weight is 303 g/mol. The molecule has 0 spiro atoms. The lowest BCUT2D eigenvalue weighted by Crippen LogP contribution is -2.37. The molecule has 2 rings (SSSR count). The van der Waals surface area contributed by atoms with E-state index in [1.807, 2.05) is 26.8 Å². The van der Waals surface area contributed by atoms with E-state index in [1.54, 1.807) is 19.2 Å². The molecule has 0 atom stereocenters. The molecule has 1 amide bonds. The Morgan fingerprint density at radius 2 is 2.09 bits per heavy atom. The van der Waals surface area contributed by atoms with Crippen molar-refractivity contribution in [3.8, 4) is 11.5 Å². The Labute approximate surface area is 129 Å². The fourth-order valence-electron chi connectivity index (χ4n) is 1.71. The topological polar surface area (TPSA) is 92.9 Å². The van der Waals surface area contributed by atoms with Gasteiger partial charge in [-0.3, -0.25) is 4.79 Å². The second kappa shape index (κ2) is 6.55. The van der Waals surface area contributed by atoms with E-state index in [2.05, 4.69) is 25.8 Å². The summed E-state index contributed by atoms with van der Waals surface area (Å²) in [7, 11) is 0. The number of nitrogens with zero attached hydrogens (tertiary/aromatic N) is 3. The number of hydrogen-bond donors (Lipinski definition) is 2. The monoisotopic (exact) mass is 303 g/mol. The van der Waals surface area contributed by atoms with Crippen molar-refractivity contribution in [3.63, 3.8) is 0 Å². The maximum absolute atomic E-state index is 11.7. The summed E-state index contributed by atoms with van der Waals surface area (Å²) in [6, 6.07) is 3.64. The van der Waals surface area contributed by atoms with Crippen molar-refractivity contribution in [2.24, 2.45) is 5.41 Å². The molecule has 0 radical (unpaired) electrons. The summed E-state index contributed by atoms with van der Waals surface area (Å²) >= 11 is 0. The van der Waals surface area contributed by atoms with Crippen molar-refractivity contribution >= 4 is 11.7 Å². The third-order valence-corrected chi connectivity index (χ3v) is 2.93. The quantitative estimate of drug-likeness (QED) is 0.821. The summed E-state index contributed by atoms with van der Waals surface area (Å²) < 4.78 is 5.13. The highest BCUT2D eigenvalue weighted by Crippen LogP contribution is 2.19. The number of carbonyl (C=O) groups is 1. The second-order valence-corrected chi connectivity index (χ2v) is 6.01. The molecule has 0 aliphatic carbocycles. The van der Waals surface area contributed by atoms with Gasteiger partial charge in [0.15, 0.2) is 5.82 Å². The van der Waals surface area contributed by atoms with Gasteiger partial charge in [-0.15, -0.1) is 0 Å². The molecule has 2 aromatic heterocycles. The zero-order chi connectivity index (χ0) is 16.2. The maximum Gasteiger partial charge on any atom is 0.258 e. The van der Waals surface area contributed by atoms with Crippen molar-refractivity contribution in [2.75, 3.05) is 18.4 Å². The van der Waals surface area contributed by atoms with Crippen molar-refractivity contribution in [3.05, 3.63) is 24.2 Å². The molecule has 0 aliphatic heterocycles. The molecule has 0 saturated heterocycles. The van der Waals surface area contributed by atoms with Crippen molar-refractivity contribution in [2.45, 2.75) is 27.7 Å². The van der Waals surface area contributed by atoms with Crippen LogP contribution in [0.4, 0.5) is 5.82 Å². The Morgan fingerprint density at radius 1 is 1.32 bits per heavy atom. The normalized spacial score (nSPS) is 11.3. The molecule has 2 aromatic rings. The molecule has 0 saturated carbocycles. The number of aromatic nitrogens is 3. The van der Waals surface area contributed by atoms with E-state index in [-0.39, 0.29) is 11.3 Å². The van der Waals surface area contributed by atoms with Gasteiger partial charge in [0, 0.05) is 30.3 Å². The smallest absolute Gasteiger partial charge is 0.258 e. The molecule has 0 aliphatic rings. The molecular formula is C15H21N5O2. The van der Waals surface area contributed by atoms with Gasteiger partial charge < -0.3 is 15.2 Å². The fraction of sp³-hybridized carbons (Fsp3) is 0.467. The fourth-order valence-corrected chi connectivity index (χ4v) is 1.71. The van der Waals surface area contributed by atoms with Crippen molar-refractivity contribution < 1.29 is 9.32 Å². The number of hydrogen-bond acceptors (Lipinski definition) is 6. The van der Waals surface area contributed by atoms with Crippen LogP contribution in [0.3, 0.4) is 0 Å². The van der Waals surface area contributed by atoms with E-state index >= 15 is 0 Å². The summed E-state index contributed by atoms with van der Waals surface area (Å²) in [6.07, 6.45) is 1.67. The molecule has 0 fully saturated rings. The minimum absolute atomic E-state index is 0.0253. The molecule has 22 heavy (non-hydrogen) atoms. The van der Waals surface area contributed by atoms with E-state index in [1.165, 1.54) is 0 Å². The zero-order valence-electron chi connectivity index (χ0n) is 13.3. The third-order valence-electron chi connectivity index (χ3n) is 2.93. The largest absolute Gasteiger partial charge is 0.368 e. The maximum atomic E-state index is 11.7. The van der Waals surface area contributed by atoms with Gasteiger partial charge in [-0.05, 0) is 19.1 Å². The first-order chi connectivity index (χ1) is 10.4. The minimum Gasteiger partial charge on any atom is -0.368 e. The van der Waals surface area contributed by atoms with Crippen LogP contribution in [0, 0.1) is 12.3 Å². The minimum atomic E-state index is -0.381. The predicted octanol–water partition coefficient (Wildman–Crippen LogP) is 2.01. The Bertz CT molecular complexity index is 645. The molecule has 7 nitrogen and oxygen atoms in total. The number of carbonyl (C=O) groups excluding carboxylic acids is 1. The molecular weight excluding hydrogens is 282 g/mol. The number of amides is 1. The first-order valence-corrected chi connectivity index (χ1v) is 7.15. The number of nitrogens with one attached hydrogen (secondary N) is 2. The van der Waals surface area contributed by atoms with Gasteiger partial charge in [0.2, 0.25) is 5.91 Å². The van der Waals surface area contributed by atoms with Crippen LogP contribution in [0.2, 0.25) is 0 Å². The van der Waals surface area contributed by atoms with Crippen LogP contribution < -0.4 is 10.6 Å². The first-order valence-electron chi connectivity index (χ1n) is 7.15. The van der Waals surface area contributed by atoms with Gasteiger partial charge in [-0.1, -0.05) is 25.9 Å². The predicted molar refractivity (Wildman–Crippen MR) is 83.2 cm³/mol. The number of aryl methyl sites for hydroxylation is 1. The van der Waals surface area contributed by atoms with Gasteiger partial charge in [0.25, 0.3) is 5.89 Å². The Kier molecular flexibility index (Phi) is 4.75.